The lowest BCUT2D eigenvalue weighted by Crippen LogP contribution is -2.54. The van der Waals surface area contributed by atoms with Crippen LogP contribution < -0.4 is 11.1 Å². The van der Waals surface area contributed by atoms with E-state index in [2.05, 4.69) is 19.2 Å². The number of nitrogens with one attached hydrogen (secondary N) is 1. The number of nitrogens with zero attached hydrogens (tertiary/aromatic N) is 1. The fraction of sp³-hybridized carbons (Fsp3) is 0.818. The van der Waals surface area contributed by atoms with Gasteiger partial charge in [0.1, 0.15) is 0 Å². The summed E-state index contributed by atoms with van der Waals surface area (Å²) in [6.45, 7) is 6.97. The first-order valence-electron chi connectivity index (χ1n) is 5.71. The van der Waals surface area contributed by atoms with E-state index in [1.54, 1.807) is 4.90 Å². The summed E-state index contributed by atoms with van der Waals surface area (Å²) < 4.78 is 0. The van der Waals surface area contributed by atoms with Crippen molar-refractivity contribution in [1.82, 2.24) is 10.2 Å². The molecule has 1 fully saturated rings. The first-order valence-corrected chi connectivity index (χ1v) is 5.71. The molecule has 0 bridgehead atoms. The van der Waals surface area contributed by atoms with E-state index in [1.165, 1.54) is 6.92 Å². The van der Waals surface area contributed by atoms with Crippen molar-refractivity contribution in [1.29, 1.82) is 0 Å². The summed E-state index contributed by atoms with van der Waals surface area (Å²) in [5.41, 5.74) is 5.30. The van der Waals surface area contributed by atoms with Gasteiger partial charge in [0.2, 0.25) is 5.91 Å². The van der Waals surface area contributed by atoms with E-state index in [0.717, 1.165) is 6.42 Å². The molecule has 0 spiro atoms. The molecular weight excluding hydrogens is 206 g/mol. The Balaban J connectivity index is 2.66. The minimum Gasteiger partial charge on any atom is -0.352 e. The van der Waals surface area contributed by atoms with Crippen molar-refractivity contribution >= 4 is 11.9 Å². The summed E-state index contributed by atoms with van der Waals surface area (Å²) in [4.78, 5) is 23.8. The average molecular weight is 227 g/mol. The number of likely N-dealkylation sites (tertiary alicyclic amines) is 1. The minimum atomic E-state index is -0.402. The Bertz CT molecular complexity index is 278. The van der Waals surface area contributed by atoms with Crippen molar-refractivity contribution in [3.63, 3.8) is 0 Å². The fourth-order valence-electron chi connectivity index (χ4n) is 2.19. The van der Waals surface area contributed by atoms with E-state index in [4.69, 9.17) is 5.73 Å². The van der Waals surface area contributed by atoms with Crippen molar-refractivity contribution in [2.45, 2.75) is 33.2 Å². The van der Waals surface area contributed by atoms with E-state index in [9.17, 15) is 9.59 Å². The predicted molar refractivity (Wildman–Crippen MR) is 61.7 cm³/mol. The second-order valence-electron chi connectivity index (χ2n) is 4.88. The SMILES string of the molecule is CC(=O)NC1CC(C(C)C)CN(C(N)=O)C1. The van der Waals surface area contributed by atoms with Gasteiger partial charge in [-0.2, -0.15) is 0 Å². The van der Waals surface area contributed by atoms with E-state index in [0.29, 0.717) is 24.9 Å². The lowest BCUT2D eigenvalue weighted by Gasteiger charge is -2.38. The molecular formula is C11H21N3O2. The van der Waals surface area contributed by atoms with Crippen molar-refractivity contribution < 1.29 is 9.59 Å². The van der Waals surface area contributed by atoms with Gasteiger partial charge in [-0.1, -0.05) is 13.8 Å². The van der Waals surface area contributed by atoms with Gasteiger partial charge in [-0.15, -0.1) is 0 Å². The van der Waals surface area contributed by atoms with Crippen LogP contribution in [0.15, 0.2) is 0 Å². The monoisotopic (exact) mass is 227 g/mol. The number of hydrogen-bond acceptors (Lipinski definition) is 2. The van der Waals surface area contributed by atoms with Crippen molar-refractivity contribution in [3.8, 4) is 0 Å². The van der Waals surface area contributed by atoms with Crippen molar-refractivity contribution in [2.24, 2.45) is 17.6 Å². The molecule has 0 aliphatic carbocycles. The smallest absolute Gasteiger partial charge is 0.314 e. The van der Waals surface area contributed by atoms with Crippen LogP contribution in [0, 0.1) is 11.8 Å². The quantitative estimate of drug-likeness (QED) is 0.722. The zero-order valence-electron chi connectivity index (χ0n) is 10.2. The van der Waals surface area contributed by atoms with Crippen LogP contribution in [-0.2, 0) is 4.79 Å². The predicted octanol–water partition coefficient (Wildman–Crippen LogP) is 0.548. The van der Waals surface area contributed by atoms with Gasteiger partial charge in [0.05, 0.1) is 0 Å². The summed E-state index contributed by atoms with van der Waals surface area (Å²) >= 11 is 0. The summed E-state index contributed by atoms with van der Waals surface area (Å²) in [7, 11) is 0. The highest BCUT2D eigenvalue weighted by Crippen LogP contribution is 2.23. The Hall–Kier alpha value is -1.26. The van der Waals surface area contributed by atoms with Crippen LogP contribution in [0.1, 0.15) is 27.2 Å². The Morgan fingerprint density at radius 2 is 2.00 bits per heavy atom. The van der Waals surface area contributed by atoms with Gasteiger partial charge in [0.25, 0.3) is 0 Å². The summed E-state index contributed by atoms with van der Waals surface area (Å²) in [5, 5.41) is 2.86. The van der Waals surface area contributed by atoms with Crippen LogP contribution in [-0.4, -0.2) is 36.0 Å². The van der Waals surface area contributed by atoms with Crippen molar-refractivity contribution in [2.75, 3.05) is 13.1 Å². The molecule has 0 aromatic carbocycles. The van der Waals surface area contributed by atoms with Crippen LogP contribution in [0.4, 0.5) is 4.79 Å². The highest BCUT2D eigenvalue weighted by Gasteiger charge is 2.30. The van der Waals surface area contributed by atoms with Crippen molar-refractivity contribution in [3.05, 3.63) is 0 Å². The number of primary amides is 1. The molecule has 5 heteroatoms. The zero-order valence-corrected chi connectivity index (χ0v) is 10.2. The maximum absolute atomic E-state index is 11.2. The lowest BCUT2D eigenvalue weighted by atomic mass is 9.85. The number of urea groups is 1. The summed E-state index contributed by atoms with van der Waals surface area (Å²) in [6, 6.07) is -0.369. The fourth-order valence-corrected chi connectivity index (χ4v) is 2.19. The van der Waals surface area contributed by atoms with E-state index in [-0.39, 0.29) is 11.9 Å². The van der Waals surface area contributed by atoms with Gasteiger partial charge in [-0.25, -0.2) is 4.79 Å². The first-order chi connectivity index (χ1) is 7.40. The van der Waals surface area contributed by atoms with Gasteiger partial charge in [0.15, 0.2) is 0 Å². The van der Waals surface area contributed by atoms with Gasteiger partial charge in [-0.05, 0) is 18.3 Å². The van der Waals surface area contributed by atoms with Crippen LogP contribution in [0.25, 0.3) is 0 Å². The molecule has 2 atom stereocenters. The van der Waals surface area contributed by atoms with Gasteiger partial charge < -0.3 is 16.0 Å². The third-order valence-electron chi connectivity index (χ3n) is 3.14. The van der Waals surface area contributed by atoms with E-state index < -0.39 is 6.03 Å². The molecule has 1 rings (SSSR count). The third kappa shape index (κ3) is 3.40. The molecule has 16 heavy (non-hydrogen) atoms. The Kier molecular flexibility index (Phi) is 4.15. The second-order valence-corrected chi connectivity index (χ2v) is 4.88. The van der Waals surface area contributed by atoms with Gasteiger partial charge in [-0.3, -0.25) is 4.79 Å². The topological polar surface area (TPSA) is 75.4 Å². The lowest BCUT2D eigenvalue weighted by molar-refractivity contribution is -0.120. The van der Waals surface area contributed by atoms with E-state index >= 15 is 0 Å². The molecule has 1 aliphatic rings. The van der Waals surface area contributed by atoms with Crippen LogP contribution in [0.3, 0.4) is 0 Å². The van der Waals surface area contributed by atoms with Crippen LogP contribution >= 0.6 is 0 Å². The number of rotatable bonds is 2. The zero-order chi connectivity index (χ0) is 12.3. The summed E-state index contributed by atoms with van der Waals surface area (Å²) in [6.07, 6.45) is 0.918. The molecule has 0 radical (unpaired) electrons. The number of piperidine rings is 1. The Labute approximate surface area is 96.4 Å². The molecule has 2 unspecified atom stereocenters. The van der Waals surface area contributed by atoms with Crippen LogP contribution in [0.5, 0.6) is 0 Å². The molecule has 5 nitrogen and oxygen atoms in total. The number of carbonyl (C=O) groups is 2. The maximum Gasteiger partial charge on any atom is 0.314 e. The van der Waals surface area contributed by atoms with Crippen LogP contribution in [0.2, 0.25) is 0 Å². The van der Waals surface area contributed by atoms with E-state index in [1.807, 2.05) is 0 Å². The normalized spacial score (nSPS) is 25.6. The first kappa shape index (κ1) is 12.8. The number of amides is 3. The summed E-state index contributed by atoms with van der Waals surface area (Å²) in [5.74, 6) is 0.829. The molecule has 3 amide bonds. The molecule has 1 heterocycles. The largest absolute Gasteiger partial charge is 0.352 e. The molecule has 0 aromatic heterocycles. The average Bonchev–Trinajstić information content (AvgIpc) is 2.15. The number of nitrogens with two attached hydrogens (primary N) is 1. The van der Waals surface area contributed by atoms with Gasteiger partial charge >= 0.3 is 6.03 Å². The minimum absolute atomic E-state index is 0.0335. The highest BCUT2D eigenvalue weighted by molar-refractivity contribution is 5.74. The highest BCUT2D eigenvalue weighted by atomic mass is 16.2. The number of hydrogen-bond donors (Lipinski definition) is 2. The standard InChI is InChI=1S/C11H21N3O2/c1-7(2)9-4-10(13-8(3)15)6-14(5-9)11(12)16/h7,9-10H,4-6H2,1-3H3,(H2,12,16)(H,13,15). The molecule has 0 aromatic rings. The Morgan fingerprint density at radius 3 is 2.44 bits per heavy atom. The maximum atomic E-state index is 11.2. The second kappa shape index (κ2) is 5.18. The molecule has 1 aliphatic heterocycles. The number of carbonyl (C=O) groups excluding carboxylic acids is 2. The third-order valence-corrected chi connectivity index (χ3v) is 3.14. The molecule has 3 N–H and O–H groups in total. The molecule has 1 saturated heterocycles. The molecule has 92 valence electrons. The van der Waals surface area contributed by atoms with Gasteiger partial charge in [0, 0.05) is 26.1 Å². The Morgan fingerprint density at radius 1 is 1.38 bits per heavy atom. The molecule has 0 saturated carbocycles.